The molecule has 2 N–H and O–H groups in total. The average Bonchev–Trinajstić information content (AvgIpc) is 2.81. The van der Waals surface area contributed by atoms with Crippen LogP contribution < -0.4 is 5.32 Å². The lowest BCUT2D eigenvalue weighted by Crippen LogP contribution is -2.45. The number of carbonyl (C=O) groups excluding carboxylic acids is 1. The third kappa shape index (κ3) is 3.05. The van der Waals surface area contributed by atoms with E-state index in [2.05, 4.69) is 14.9 Å². The van der Waals surface area contributed by atoms with Crippen LogP contribution in [-0.2, 0) is 6.42 Å². The monoisotopic (exact) mass is 269 g/mol. The minimum Gasteiger partial charge on any atom is -0.391 e. The summed E-state index contributed by atoms with van der Waals surface area (Å²) in [7, 11) is 0. The van der Waals surface area contributed by atoms with Gasteiger partial charge >= 0.3 is 0 Å². The molecular weight excluding hydrogens is 250 g/mol. The van der Waals surface area contributed by atoms with Gasteiger partial charge in [0, 0.05) is 0 Å². The summed E-state index contributed by atoms with van der Waals surface area (Å²) in [6.45, 7) is 2.05. The van der Waals surface area contributed by atoms with Crippen molar-refractivity contribution in [1.82, 2.24) is 14.9 Å². The van der Waals surface area contributed by atoms with Crippen molar-refractivity contribution in [3.8, 4) is 0 Å². The van der Waals surface area contributed by atoms with Crippen molar-refractivity contribution in [2.45, 2.75) is 57.6 Å². The summed E-state index contributed by atoms with van der Waals surface area (Å²) in [6, 6.07) is -0.122. The van der Waals surface area contributed by atoms with Gasteiger partial charge in [-0.1, -0.05) is 30.7 Å². The highest BCUT2D eigenvalue weighted by atomic mass is 32.1. The third-order valence-electron chi connectivity index (χ3n) is 3.29. The molecule has 1 amide bonds. The maximum absolute atomic E-state index is 12.1. The second kappa shape index (κ2) is 6.24. The highest BCUT2D eigenvalue weighted by Gasteiger charge is 2.26. The molecule has 1 aromatic heterocycles. The molecule has 1 aromatic rings. The van der Waals surface area contributed by atoms with Gasteiger partial charge in [0.05, 0.1) is 17.8 Å². The molecular formula is C12H19N3O2S. The molecule has 1 fully saturated rings. The SMILES string of the molecule is CCCc1nnsc1C(=O)N[C@@H]1CCCC[C@H]1O. The number of hydrogen-bond acceptors (Lipinski definition) is 5. The van der Waals surface area contributed by atoms with Crippen molar-refractivity contribution < 1.29 is 9.90 Å². The summed E-state index contributed by atoms with van der Waals surface area (Å²) < 4.78 is 3.84. The largest absolute Gasteiger partial charge is 0.391 e. The van der Waals surface area contributed by atoms with E-state index in [1.54, 1.807) is 0 Å². The van der Waals surface area contributed by atoms with E-state index in [1.165, 1.54) is 0 Å². The smallest absolute Gasteiger partial charge is 0.265 e. The van der Waals surface area contributed by atoms with Crippen LogP contribution >= 0.6 is 11.5 Å². The maximum atomic E-state index is 12.1. The maximum Gasteiger partial charge on any atom is 0.265 e. The zero-order chi connectivity index (χ0) is 13.0. The molecule has 1 aliphatic rings. The van der Waals surface area contributed by atoms with E-state index in [0.717, 1.165) is 55.8 Å². The Morgan fingerprint density at radius 3 is 3.00 bits per heavy atom. The Balaban J connectivity index is 2.00. The number of carbonyl (C=O) groups is 1. The van der Waals surface area contributed by atoms with Crippen LogP contribution in [0.4, 0.5) is 0 Å². The van der Waals surface area contributed by atoms with Crippen LogP contribution in [-0.4, -0.2) is 32.7 Å². The van der Waals surface area contributed by atoms with Crippen molar-refractivity contribution in [2.75, 3.05) is 0 Å². The first-order chi connectivity index (χ1) is 8.72. The Labute approximate surface area is 111 Å². The molecule has 6 heteroatoms. The fourth-order valence-corrected chi connectivity index (χ4v) is 2.91. The van der Waals surface area contributed by atoms with Crippen LogP contribution in [0.3, 0.4) is 0 Å². The molecule has 0 spiro atoms. The molecule has 5 nitrogen and oxygen atoms in total. The van der Waals surface area contributed by atoms with Crippen molar-refractivity contribution in [1.29, 1.82) is 0 Å². The van der Waals surface area contributed by atoms with Gasteiger partial charge in [-0.2, -0.15) is 0 Å². The highest BCUT2D eigenvalue weighted by molar-refractivity contribution is 7.08. The number of rotatable bonds is 4. The van der Waals surface area contributed by atoms with Gasteiger partial charge in [-0.25, -0.2) is 0 Å². The third-order valence-corrected chi connectivity index (χ3v) is 4.06. The molecule has 2 rings (SSSR count). The van der Waals surface area contributed by atoms with Crippen LogP contribution in [0.15, 0.2) is 0 Å². The van der Waals surface area contributed by atoms with Gasteiger partial charge in [-0.3, -0.25) is 4.79 Å². The van der Waals surface area contributed by atoms with Crippen LogP contribution in [0.2, 0.25) is 0 Å². The lowest BCUT2D eigenvalue weighted by molar-refractivity contribution is 0.0719. The average molecular weight is 269 g/mol. The molecule has 2 atom stereocenters. The fraction of sp³-hybridized carbons (Fsp3) is 0.750. The van der Waals surface area contributed by atoms with Crippen molar-refractivity contribution in [3.05, 3.63) is 10.6 Å². The number of aliphatic hydroxyl groups is 1. The second-order valence-electron chi connectivity index (χ2n) is 4.73. The number of amides is 1. The number of aromatic nitrogens is 2. The van der Waals surface area contributed by atoms with Crippen LogP contribution in [0.25, 0.3) is 0 Å². The summed E-state index contributed by atoms with van der Waals surface area (Å²) in [4.78, 5) is 12.7. The van der Waals surface area contributed by atoms with Crippen LogP contribution in [0.5, 0.6) is 0 Å². The Morgan fingerprint density at radius 1 is 1.50 bits per heavy atom. The van der Waals surface area contributed by atoms with E-state index < -0.39 is 6.10 Å². The number of nitrogens with one attached hydrogen (secondary N) is 1. The second-order valence-corrected chi connectivity index (χ2v) is 5.48. The first-order valence-electron chi connectivity index (χ1n) is 6.52. The molecule has 0 aromatic carbocycles. The number of aryl methyl sites for hydroxylation is 1. The van der Waals surface area contributed by atoms with Gasteiger partial charge in [0.1, 0.15) is 4.88 Å². The normalized spacial score (nSPS) is 23.9. The lowest BCUT2D eigenvalue weighted by atomic mass is 9.92. The zero-order valence-electron chi connectivity index (χ0n) is 10.6. The molecule has 1 heterocycles. The topological polar surface area (TPSA) is 75.1 Å². The summed E-state index contributed by atoms with van der Waals surface area (Å²) >= 11 is 1.13. The predicted octanol–water partition coefficient (Wildman–Crippen LogP) is 1.52. The fourth-order valence-electron chi connectivity index (χ4n) is 2.30. The summed E-state index contributed by atoms with van der Waals surface area (Å²) in [5.41, 5.74) is 0.769. The quantitative estimate of drug-likeness (QED) is 0.869. The van der Waals surface area contributed by atoms with Gasteiger partial charge in [0.25, 0.3) is 5.91 Å². The van der Waals surface area contributed by atoms with E-state index in [4.69, 9.17) is 0 Å². The Kier molecular flexibility index (Phi) is 4.66. The van der Waals surface area contributed by atoms with Gasteiger partial charge in [-0.05, 0) is 30.8 Å². The van der Waals surface area contributed by atoms with Crippen molar-refractivity contribution in [2.24, 2.45) is 0 Å². The molecule has 0 saturated heterocycles. The molecule has 100 valence electrons. The predicted molar refractivity (Wildman–Crippen MR) is 69.6 cm³/mol. The van der Waals surface area contributed by atoms with Gasteiger partial charge in [0.2, 0.25) is 0 Å². The summed E-state index contributed by atoms with van der Waals surface area (Å²) in [5.74, 6) is -0.139. The molecule has 1 saturated carbocycles. The van der Waals surface area contributed by atoms with E-state index in [0.29, 0.717) is 4.88 Å². The van der Waals surface area contributed by atoms with E-state index in [-0.39, 0.29) is 11.9 Å². The number of aliphatic hydroxyl groups excluding tert-OH is 1. The van der Waals surface area contributed by atoms with E-state index in [9.17, 15) is 9.90 Å². The first-order valence-corrected chi connectivity index (χ1v) is 7.30. The molecule has 0 unspecified atom stereocenters. The van der Waals surface area contributed by atoms with Crippen LogP contribution in [0, 0.1) is 0 Å². The standard InChI is InChI=1S/C12H19N3O2S/c1-2-5-9-11(18-15-14-9)12(17)13-8-6-3-4-7-10(8)16/h8,10,16H,2-7H2,1H3,(H,13,17)/t8-,10-/m1/s1. The number of nitrogens with zero attached hydrogens (tertiary/aromatic N) is 2. The first kappa shape index (κ1) is 13.4. The van der Waals surface area contributed by atoms with Crippen molar-refractivity contribution in [3.63, 3.8) is 0 Å². The molecule has 0 radical (unpaired) electrons. The zero-order valence-corrected chi connectivity index (χ0v) is 11.4. The Bertz CT molecular complexity index is 408. The van der Waals surface area contributed by atoms with Crippen molar-refractivity contribution >= 4 is 17.4 Å². The van der Waals surface area contributed by atoms with E-state index in [1.807, 2.05) is 6.92 Å². The lowest BCUT2D eigenvalue weighted by Gasteiger charge is -2.28. The van der Waals surface area contributed by atoms with Gasteiger partial charge in [-0.15, -0.1) is 5.10 Å². The highest BCUT2D eigenvalue weighted by Crippen LogP contribution is 2.20. The Morgan fingerprint density at radius 2 is 2.28 bits per heavy atom. The van der Waals surface area contributed by atoms with Crippen LogP contribution in [0.1, 0.15) is 54.4 Å². The van der Waals surface area contributed by atoms with Gasteiger partial charge < -0.3 is 10.4 Å². The van der Waals surface area contributed by atoms with E-state index >= 15 is 0 Å². The van der Waals surface area contributed by atoms with Gasteiger partial charge in [0.15, 0.2) is 0 Å². The number of hydrogen-bond donors (Lipinski definition) is 2. The summed E-state index contributed by atoms with van der Waals surface area (Å²) in [6.07, 6.45) is 5.01. The summed E-state index contributed by atoms with van der Waals surface area (Å²) in [5, 5.41) is 16.7. The molecule has 18 heavy (non-hydrogen) atoms. The minimum atomic E-state index is -0.418. The molecule has 0 aliphatic heterocycles. The molecule has 1 aliphatic carbocycles. The Hall–Kier alpha value is -1.01. The minimum absolute atomic E-state index is 0.122. The molecule has 0 bridgehead atoms.